The second-order valence-electron chi connectivity index (χ2n) is 6.87. The predicted molar refractivity (Wildman–Crippen MR) is 112 cm³/mol. The van der Waals surface area contributed by atoms with Crippen LogP contribution in [0.15, 0.2) is 48.5 Å². The fourth-order valence-corrected chi connectivity index (χ4v) is 3.61. The second-order valence-corrected chi connectivity index (χ2v) is 6.87. The quantitative estimate of drug-likeness (QED) is 0.496. The van der Waals surface area contributed by atoms with Gasteiger partial charge in [-0.1, -0.05) is 48.5 Å². The molecule has 0 unspecified atom stereocenters. The lowest BCUT2D eigenvalue weighted by Gasteiger charge is -2.08. The number of H-pyrrole nitrogens is 1. The van der Waals surface area contributed by atoms with E-state index in [1.54, 1.807) is 0 Å². The Bertz CT molecular complexity index is 1160. The molecule has 0 spiro atoms. The van der Waals surface area contributed by atoms with Crippen LogP contribution in [0.25, 0.3) is 22.5 Å². The minimum Gasteiger partial charge on any atom is -0.465 e. The molecule has 4 aromatic rings. The van der Waals surface area contributed by atoms with E-state index in [1.165, 1.54) is 7.11 Å². The largest absolute Gasteiger partial charge is 0.465 e. The van der Waals surface area contributed by atoms with Gasteiger partial charge in [0.2, 0.25) is 5.82 Å². The summed E-state index contributed by atoms with van der Waals surface area (Å²) in [5.74, 6) is 0.200. The molecule has 0 radical (unpaired) electrons. The van der Waals surface area contributed by atoms with Crippen molar-refractivity contribution in [3.05, 3.63) is 71.0 Å². The lowest BCUT2D eigenvalue weighted by Crippen LogP contribution is -2.06. The van der Waals surface area contributed by atoms with Crippen LogP contribution in [0, 0.1) is 6.92 Å². The summed E-state index contributed by atoms with van der Waals surface area (Å²) in [6.07, 6.45) is 0.547. The number of benzene rings is 2. The van der Waals surface area contributed by atoms with E-state index < -0.39 is 0 Å². The Morgan fingerprint density at radius 3 is 2.47 bits per heavy atom. The van der Waals surface area contributed by atoms with Gasteiger partial charge in [0.25, 0.3) is 0 Å². The summed E-state index contributed by atoms with van der Waals surface area (Å²) in [4.78, 5) is 12.3. The van der Waals surface area contributed by atoms with Gasteiger partial charge in [-0.05, 0) is 35.8 Å². The van der Waals surface area contributed by atoms with Gasteiger partial charge in [0.05, 0.1) is 18.5 Å². The summed E-state index contributed by atoms with van der Waals surface area (Å²) >= 11 is 0. The van der Waals surface area contributed by atoms with Gasteiger partial charge in [0.1, 0.15) is 5.56 Å². The Balaban J connectivity index is 1.65. The lowest BCUT2D eigenvalue weighted by molar-refractivity contribution is 0.0598. The predicted octanol–water partition coefficient (Wildman–Crippen LogP) is 3.44. The van der Waals surface area contributed by atoms with Gasteiger partial charge in [0.15, 0.2) is 0 Å². The SMILES string of the molecule is CCn1nc(Cc2ccc(-c3ccccc3-c3nn[nH]n3)cc2)c(C(=O)OC)c1C. The molecule has 2 aromatic carbocycles. The van der Waals surface area contributed by atoms with E-state index in [9.17, 15) is 4.79 Å². The van der Waals surface area contributed by atoms with Crippen LogP contribution >= 0.6 is 0 Å². The molecular weight excluding hydrogens is 380 g/mol. The highest BCUT2D eigenvalue weighted by Crippen LogP contribution is 2.30. The first-order valence-electron chi connectivity index (χ1n) is 9.69. The third-order valence-corrected chi connectivity index (χ3v) is 5.12. The zero-order valence-electron chi connectivity index (χ0n) is 17.1. The number of hydrogen-bond acceptors (Lipinski definition) is 6. The molecule has 152 valence electrons. The number of esters is 1. The maximum Gasteiger partial charge on any atom is 0.341 e. The molecule has 0 aliphatic heterocycles. The number of carbonyl (C=O) groups is 1. The molecule has 2 heterocycles. The molecule has 0 saturated heterocycles. The first-order chi connectivity index (χ1) is 14.6. The van der Waals surface area contributed by atoms with Crippen molar-refractivity contribution in [3.8, 4) is 22.5 Å². The number of ether oxygens (including phenoxy) is 1. The summed E-state index contributed by atoms with van der Waals surface area (Å²) < 4.78 is 6.80. The molecule has 0 fully saturated rings. The van der Waals surface area contributed by atoms with E-state index in [-0.39, 0.29) is 5.97 Å². The average Bonchev–Trinajstić information content (AvgIpc) is 3.42. The second kappa shape index (κ2) is 8.28. The van der Waals surface area contributed by atoms with Crippen LogP contribution in [0.3, 0.4) is 0 Å². The summed E-state index contributed by atoms with van der Waals surface area (Å²) in [7, 11) is 1.39. The van der Waals surface area contributed by atoms with Crippen molar-refractivity contribution in [1.29, 1.82) is 0 Å². The molecule has 0 bridgehead atoms. The number of aromatic nitrogens is 6. The van der Waals surface area contributed by atoms with Crippen LogP contribution in [0.5, 0.6) is 0 Å². The standard InChI is InChI=1S/C22H22N6O2/c1-4-28-14(2)20(22(29)30-3)19(25-28)13-15-9-11-16(12-10-15)17-7-5-6-8-18(17)21-23-26-27-24-21/h5-12H,4,13H2,1-3H3,(H,23,24,26,27). The Hall–Kier alpha value is -3.81. The zero-order chi connectivity index (χ0) is 21.1. The average molecular weight is 402 g/mol. The number of rotatable bonds is 6. The van der Waals surface area contributed by atoms with Crippen molar-refractivity contribution in [2.45, 2.75) is 26.8 Å². The Kier molecular flexibility index (Phi) is 5.38. The molecule has 0 amide bonds. The minimum atomic E-state index is -0.354. The zero-order valence-corrected chi connectivity index (χ0v) is 17.1. The number of carbonyl (C=O) groups excluding carboxylic acids is 1. The van der Waals surface area contributed by atoms with Gasteiger partial charge >= 0.3 is 5.97 Å². The molecule has 1 N–H and O–H groups in total. The maximum atomic E-state index is 12.3. The summed E-state index contributed by atoms with van der Waals surface area (Å²) in [6, 6.07) is 16.1. The number of nitrogens with zero attached hydrogens (tertiary/aromatic N) is 5. The highest BCUT2D eigenvalue weighted by atomic mass is 16.5. The molecular formula is C22H22N6O2. The fraction of sp³-hybridized carbons (Fsp3) is 0.227. The fourth-order valence-electron chi connectivity index (χ4n) is 3.61. The monoisotopic (exact) mass is 402 g/mol. The van der Waals surface area contributed by atoms with Crippen LogP contribution in [-0.4, -0.2) is 43.5 Å². The van der Waals surface area contributed by atoms with Gasteiger partial charge in [-0.2, -0.15) is 10.3 Å². The minimum absolute atomic E-state index is 0.354. The molecule has 0 aliphatic carbocycles. The molecule has 2 aromatic heterocycles. The summed E-state index contributed by atoms with van der Waals surface area (Å²) in [6.45, 7) is 4.59. The van der Waals surface area contributed by atoms with Crippen molar-refractivity contribution in [2.24, 2.45) is 0 Å². The van der Waals surface area contributed by atoms with Gasteiger partial charge in [-0.25, -0.2) is 4.79 Å². The molecule has 4 rings (SSSR count). The molecule has 0 atom stereocenters. The molecule has 8 nitrogen and oxygen atoms in total. The first kappa shape index (κ1) is 19.5. The van der Waals surface area contributed by atoms with Gasteiger partial charge < -0.3 is 4.74 Å². The lowest BCUT2D eigenvalue weighted by atomic mass is 9.97. The van der Waals surface area contributed by atoms with Crippen LogP contribution in [0.4, 0.5) is 0 Å². The van der Waals surface area contributed by atoms with Crippen LogP contribution in [-0.2, 0) is 17.7 Å². The summed E-state index contributed by atoms with van der Waals surface area (Å²) in [5, 5.41) is 19.0. The van der Waals surface area contributed by atoms with E-state index in [4.69, 9.17) is 4.74 Å². The van der Waals surface area contributed by atoms with E-state index in [1.807, 2.05) is 54.9 Å². The third kappa shape index (κ3) is 3.59. The Labute approximate surface area is 173 Å². The van der Waals surface area contributed by atoms with E-state index >= 15 is 0 Å². The number of tetrazole rings is 1. The van der Waals surface area contributed by atoms with Crippen molar-refractivity contribution >= 4 is 5.97 Å². The molecule has 0 aliphatic rings. The number of methoxy groups -OCH3 is 1. The number of nitrogens with one attached hydrogen (secondary N) is 1. The smallest absolute Gasteiger partial charge is 0.341 e. The molecule has 0 saturated carbocycles. The Morgan fingerprint density at radius 1 is 1.10 bits per heavy atom. The maximum absolute atomic E-state index is 12.3. The first-order valence-corrected chi connectivity index (χ1v) is 9.69. The normalized spacial score (nSPS) is 10.9. The van der Waals surface area contributed by atoms with Crippen molar-refractivity contribution < 1.29 is 9.53 Å². The highest BCUT2D eigenvalue weighted by Gasteiger charge is 2.21. The van der Waals surface area contributed by atoms with Gasteiger partial charge in [-0.3, -0.25) is 4.68 Å². The number of aryl methyl sites for hydroxylation is 1. The topological polar surface area (TPSA) is 98.6 Å². The van der Waals surface area contributed by atoms with E-state index in [0.717, 1.165) is 33.6 Å². The summed E-state index contributed by atoms with van der Waals surface area (Å²) in [5.41, 5.74) is 6.12. The van der Waals surface area contributed by atoms with Crippen LogP contribution in [0.1, 0.15) is 34.2 Å². The van der Waals surface area contributed by atoms with Crippen LogP contribution in [0.2, 0.25) is 0 Å². The van der Waals surface area contributed by atoms with Crippen molar-refractivity contribution in [2.75, 3.05) is 7.11 Å². The van der Waals surface area contributed by atoms with Crippen LogP contribution < -0.4 is 0 Å². The molecule has 8 heteroatoms. The van der Waals surface area contributed by atoms with Crippen molar-refractivity contribution in [1.82, 2.24) is 30.4 Å². The van der Waals surface area contributed by atoms with Gasteiger partial charge in [0, 0.05) is 18.5 Å². The highest BCUT2D eigenvalue weighted by molar-refractivity contribution is 5.92. The third-order valence-electron chi connectivity index (χ3n) is 5.12. The van der Waals surface area contributed by atoms with Gasteiger partial charge in [-0.15, -0.1) is 10.2 Å². The Morgan fingerprint density at radius 2 is 1.83 bits per heavy atom. The van der Waals surface area contributed by atoms with E-state index in [0.29, 0.717) is 24.4 Å². The molecule has 30 heavy (non-hydrogen) atoms. The number of hydrogen-bond donors (Lipinski definition) is 1. The number of aromatic amines is 1. The van der Waals surface area contributed by atoms with Crippen molar-refractivity contribution in [3.63, 3.8) is 0 Å². The van der Waals surface area contributed by atoms with E-state index in [2.05, 4.69) is 37.9 Å².